The minimum Gasteiger partial charge on any atom is -0.465 e. The fourth-order valence-electron chi connectivity index (χ4n) is 1.80. The third-order valence-corrected chi connectivity index (χ3v) is 2.83. The van der Waals surface area contributed by atoms with Crippen LogP contribution in [0.15, 0.2) is 11.6 Å². The van der Waals surface area contributed by atoms with Gasteiger partial charge >= 0.3 is 5.97 Å². The molecule has 1 atom stereocenters. The van der Waals surface area contributed by atoms with Gasteiger partial charge in [0.2, 0.25) is 0 Å². The summed E-state index contributed by atoms with van der Waals surface area (Å²) in [5.74, 6) is -0.506. The topological polar surface area (TPSA) is 43.4 Å². The zero-order chi connectivity index (χ0) is 14.6. The van der Waals surface area contributed by atoms with E-state index in [1.807, 2.05) is 40.7 Å². The SMILES string of the molecule is CCOC(=O)[C@](C)(CC=C(C)C)C(=O)C(C)(C)C. The van der Waals surface area contributed by atoms with Crippen molar-refractivity contribution in [3.05, 3.63) is 11.6 Å². The minimum absolute atomic E-state index is 0.0778. The Balaban J connectivity index is 5.35. The van der Waals surface area contributed by atoms with E-state index in [-0.39, 0.29) is 5.78 Å². The van der Waals surface area contributed by atoms with Crippen molar-refractivity contribution in [1.29, 1.82) is 0 Å². The molecular weight excluding hydrogens is 228 g/mol. The molecule has 0 unspecified atom stereocenters. The van der Waals surface area contributed by atoms with Gasteiger partial charge in [0.15, 0.2) is 5.78 Å². The van der Waals surface area contributed by atoms with Crippen LogP contribution in [-0.4, -0.2) is 18.4 Å². The molecule has 0 aromatic heterocycles. The number of rotatable bonds is 5. The number of Topliss-reactive ketones (excluding diaryl/α,β-unsaturated/α-hetero) is 1. The number of hydrogen-bond donors (Lipinski definition) is 0. The van der Waals surface area contributed by atoms with Crippen LogP contribution in [0.25, 0.3) is 0 Å². The van der Waals surface area contributed by atoms with E-state index >= 15 is 0 Å². The first-order chi connectivity index (χ1) is 8.05. The van der Waals surface area contributed by atoms with E-state index in [2.05, 4.69) is 0 Å². The van der Waals surface area contributed by atoms with Crippen molar-refractivity contribution in [2.75, 3.05) is 6.61 Å². The molecular formula is C15H26O3. The van der Waals surface area contributed by atoms with E-state index in [4.69, 9.17) is 4.74 Å². The Morgan fingerprint density at radius 1 is 1.11 bits per heavy atom. The van der Waals surface area contributed by atoms with Gasteiger partial charge in [0.05, 0.1) is 6.61 Å². The predicted octanol–water partition coefficient (Wildman–Crippen LogP) is 3.53. The molecule has 0 rings (SSSR count). The highest BCUT2D eigenvalue weighted by Gasteiger charge is 2.46. The molecule has 0 aliphatic heterocycles. The molecule has 0 fully saturated rings. The van der Waals surface area contributed by atoms with Crippen LogP contribution in [0.5, 0.6) is 0 Å². The van der Waals surface area contributed by atoms with Gasteiger partial charge in [-0.05, 0) is 34.1 Å². The van der Waals surface area contributed by atoms with E-state index in [9.17, 15) is 9.59 Å². The third-order valence-electron chi connectivity index (χ3n) is 2.83. The molecule has 0 aromatic rings. The summed E-state index contributed by atoms with van der Waals surface area (Å²) in [6.07, 6.45) is 2.31. The molecule has 0 amide bonds. The van der Waals surface area contributed by atoms with Crippen LogP contribution >= 0.6 is 0 Å². The van der Waals surface area contributed by atoms with Crippen LogP contribution in [0.3, 0.4) is 0 Å². The first-order valence-electron chi connectivity index (χ1n) is 6.41. The number of carbonyl (C=O) groups is 2. The second-order valence-corrected chi connectivity index (χ2v) is 6.12. The lowest BCUT2D eigenvalue weighted by Gasteiger charge is -2.31. The maximum atomic E-state index is 12.5. The Bertz CT molecular complexity index is 343. The molecule has 0 bridgehead atoms. The zero-order valence-corrected chi connectivity index (χ0v) is 12.7. The average Bonchev–Trinajstić information content (AvgIpc) is 2.23. The molecule has 0 aliphatic rings. The lowest BCUT2D eigenvalue weighted by atomic mass is 9.71. The van der Waals surface area contributed by atoms with Gasteiger partial charge in [-0.15, -0.1) is 0 Å². The van der Waals surface area contributed by atoms with Crippen LogP contribution in [0.1, 0.15) is 54.9 Å². The molecule has 0 heterocycles. The predicted molar refractivity (Wildman–Crippen MR) is 73.3 cm³/mol. The van der Waals surface area contributed by atoms with Gasteiger partial charge in [-0.1, -0.05) is 32.4 Å². The van der Waals surface area contributed by atoms with E-state index in [0.29, 0.717) is 13.0 Å². The Hall–Kier alpha value is -1.12. The summed E-state index contributed by atoms with van der Waals surface area (Å²) < 4.78 is 5.07. The standard InChI is InChI=1S/C15H26O3/c1-8-18-13(17)15(7,10-9-11(2)3)12(16)14(4,5)6/h9H,8,10H2,1-7H3/t15-/m1/s1. The van der Waals surface area contributed by atoms with Crippen molar-refractivity contribution in [1.82, 2.24) is 0 Å². The molecule has 0 saturated carbocycles. The van der Waals surface area contributed by atoms with Crippen LogP contribution in [0.2, 0.25) is 0 Å². The van der Waals surface area contributed by atoms with Gasteiger partial charge < -0.3 is 4.74 Å². The largest absolute Gasteiger partial charge is 0.465 e. The van der Waals surface area contributed by atoms with Crippen molar-refractivity contribution >= 4 is 11.8 Å². The quantitative estimate of drug-likeness (QED) is 0.428. The van der Waals surface area contributed by atoms with Crippen LogP contribution in [0.4, 0.5) is 0 Å². The summed E-state index contributed by atoms with van der Waals surface area (Å²) >= 11 is 0. The van der Waals surface area contributed by atoms with Gasteiger partial charge in [0, 0.05) is 5.41 Å². The molecule has 0 spiro atoms. The smallest absolute Gasteiger partial charge is 0.319 e. The summed E-state index contributed by atoms with van der Waals surface area (Å²) in [6.45, 7) is 13.1. The fourth-order valence-corrected chi connectivity index (χ4v) is 1.80. The van der Waals surface area contributed by atoms with Crippen LogP contribution in [0, 0.1) is 10.8 Å². The molecule has 104 valence electrons. The van der Waals surface area contributed by atoms with Crippen molar-refractivity contribution in [2.24, 2.45) is 10.8 Å². The lowest BCUT2D eigenvalue weighted by molar-refractivity contribution is -0.161. The second-order valence-electron chi connectivity index (χ2n) is 6.12. The Morgan fingerprint density at radius 3 is 1.94 bits per heavy atom. The van der Waals surface area contributed by atoms with Crippen LogP contribution < -0.4 is 0 Å². The van der Waals surface area contributed by atoms with Crippen molar-refractivity contribution in [3.8, 4) is 0 Å². The van der Waals surface area contributed by atoms with Crippen LogP contribution in [-0.2, 0) is 14.3 Å². The summed E-state index contributed by atoms with van der Waals surface area (Å²) in [5, 5.41) is 0. The lowest BCUT2D eigenvalue weighted by Crippen LogP contribution is -2.44. The molecule has 18 heavy (non-hydrogen) atoms. The highest BCUT2D eigenvalue weighted by Crippen LogP contribution is 2.34. The number of ether oxygens (including phenoxy) is 1. The summed E-state index contributed by atoms with van der Waals surface area (Å²) in [7, 11) is 0. The van der Waals surface area contributed by atoms with Gasteiger partial charge in [-0.2, -0.15) is 0 Å². The summed E-state index contributed by atoms with van der Waals surface area (Å²) in [4.78, 5) is 24.6. The minimum atomic E-state index is -1.09. The normalized spacial score (nSPS) is 14.6. The first kappa shape index (κ1) is 16.9. The maximum absolute atomic E-state index is 12.5. The number of carbonyl (C=O) groups excluding carboxylic acids is 2. The Morgan fingerprint density at radius 2 is 1.61 bits per heavy atom. The fraction of sp³-hybridized carbons (Fsp3) is 0.733. The van der Waals surface area contributed by atoms with Gasteiger partial charge in [-0.25, -0.2) is 0 Å². The summed E-state index contributed by atoms with van der Waals surface area (Å²) in [6, 6.07) is 0. The Kier molecular flexibility index (Phi) is 5.78. The van der Waals surface area contributed by atoms with Crippen molar-refractivity contribution < 1.29 is 14.3 Å². The third kappa shape index (κ3) is 4.28. The second kappa shape index (κ2) is 6.17. The number of esters is 1. The number of ketones is 1. The molecule has 0 aliphatic carbocycles. The highest BCUT2D eigenvalue weighted by molar-refractivity contribution is 6.05. The molecule has 3 heteroatoms. The van der Waals surface area contributed by atoms with Gasteiger partial charge in [-0.3, -0.25) is 9.59 Å². The molecule has 3 nitrogen and oxygen atoms in total. The summed E-state index contributed by atoms with van der Waals surface area (Å²) in [5.41, 5.74) is -0.560. The van der Waals surface area contributed by atoms with E-state index in [1.54, 1.807) is 13.8 Å². The molecule has 0 aromatic carbocycles. The van der Waals surface area contributed by atoms with E-state index < -0.39 is 16.8 Å². The highest BCUT2D eigenvalue weighted by atomic mass is 16.5. The van der Waals surface area contributed by atoms with E-state index in [1.165, 1.54) is 0 Å². The maximum Gasteiger partial charge on any atom is 0.319 e. The first-order valence-corrected chi connectivity index (χ1v) is 6.41. The molecule has 0 saturated heterocycles. The van der Waals surface area contributed by atoms with Gasteiger partial charge in [0.1, 0.15) is 5.41 Å². The van der Waals surface area contributed by atoms with Crippen molar-refractivity contribution in [3.63, 3.8) is 0 Å². The molecule has 0 radical (unpaired) electrons. The number of allylic oxidation sites excluding steroid dienone is 2. The molecule has 0 N–H and O–H groups in total. The zero-order valence-electron chi connectivity index (χ0n) is 12.7. The number of hydrogen-bond acceptors (Lipinski definition) is 3. The van der Waals surface area contributed by atoms with Crippen molar-refractivity contribution in [2.45, 2.75) is 54.9 Å². The Labute approximate surface area is 111 Å². The monoisotopic (exact) mass is 254 g/mol. The van der Waals surface area contributed by atoms with Gasteiger partial charge in [0.25, 0.3) is 0 Å². The van der Waals surface area contributed by atoms with E-state index in [0.717, 1.165) is 5.57 Å². The average molecular weight is 254 g/mol.